The summed E-state index contributed by atoms with van der Waals surface area (Å²) in [5, 5.41) is 3.13. The van der Waals surface area contributed by atoms with Crippen molar-refractivity contribution in [2.24, 2.45) is 0 Å². The van der Waals surface area contributed by atoms with Crippen LogP contribution in [0, 0.1) is 5.82 Å². The Morgan fingerprint density at radius 3 is 2.47 bits per heavy atom. The van der Waals surface area contributed by atoms with Crippen LogP contribution in [-0.2, 0) is 6.54 Å². The molecule has 1 N–H and O–H groups in total. The maximum absolute atomic E-state index is 13.7. The highest BCUT2D eigenvalue weighted by molar-refractivity contribution is 5.94. The van der Waals surface area contributed by atoms with E-state index in [0.717, 1.165) is 42.9 Å². The Balaban J connectivity index is 1.33. The van der Waals surface area contributed by atoms with Gasteiger partial charge in [-0.15, -0.1) is 0 Å². The first-order chi connectivity index (χ1) is 15.6. The van der Waals surface area contributed by atoms with Crippen LogP contribution in [0.5, 0.6) is 11.5 Å². The van der Waals surface area contributed by atoms with E-state index in [9.17, 15) is 9.18 Å². The molecule has 0 aromatic heterocycles. The van der Waals surface area contributed by atoms with Crippen molar-refractivity contribution in [1.82, 2.24) is 10.2 Å². The first-order valence-corrected chi connectivity index (χ1v) is 10.7. The normalized spacial score (nSPS) is 16.0. The van der Waals surface area contributed by atoms with Crippen LogP contribution in [0.1, 0.15) is 22.3 Å². The van der Waals surface area contributed by atoms with E-state index in [0.29, 0.717) is 11.3 Å². The number of carbonyl (C=O) groups excluding carboxylic acids is 1. The Morgan fingerprint density at radius 1 is 1.03 bits per heavy atom. The molecule has 1 fully saturated rings. The van der Waals surface area contributed by atoms with Crippen LogP contribution < -0.4 is 14.8 Å². The van der Waals surface area contributed by atoms with E-state index in [1.165, 1.54) is 17.7 Å². The Kier molecular flexibility index (Phi) is 6.71. The number of nitrogens with zero attached hydrogens (tertiary/aromatic N) is 1. The average Bonchev–Trinajstić information content (AvgIpc) is 3.26. The zero-order valence-corrected chi connectivity index (χ0v) is 18.3. The molecule has 5 nitrogen and oxygen atoms in total. The van der Waals surface area contributed by atoms with E-state index in [2.05, 4.69) is 22.3 Å². The molecule has 166 valence electrons. The van der Waals surface area contributed by atoms with Crippen molar-refractivity contribution >= 4 is 5.91 Å². The predicted octanol–water partition coefficient (Wildman–Crippen LogP) is 4.51. The van der Waals surface area contributed by atoms with Crippen LogP contribution in [0.3, 0.4) is 0 Å². The molecule has 3 aromatic rings. The Hall–Kier alpha value is -3.38. The van der Waals surface area contributed by atoms with Crippen molar-refractivity contribution in [1.29, 1.82) is 0 Å². The van der Waals surface area contributed by atoms with Crippen molar-refractivity contribution in [2.75, 3.05) is 27.3 Å². The van der Waals surface area contributed by atoms with Gasteiger partial charge in [0.05, 0.1) is 14.2 Å². The maximum atomic E-state index is 13.7. The molecule has 1 amide bonds. The molecule has 1 aliphatic heterocycles. The van der Waals surface area contributed by atoms with E-state index < -0.39 is 0 Å². The van der Waals surface area contributed by atoms with Gasteiger partial charge in [-0.2, -0.15) is 0 Å². The highest BCUT2D eigenvalue weighted by Crippen LogP contribution is 2.31. The first kappa shape index (κ1) is 21.8. The molecule has 0 radical (unpaired) electrons. The van der Waals surface area contributed by atoms with Crippen molar-refractivity contribution in [3.05, 3.63) is 83.7 Å². The molecule has 0 spiro atoms. The van der Waals surface area contributed by atoms with Crippen LogP contribution in [0.2, 0.25) is 0 Å². The minimum Gasteiger partial charge on any atom is -0.497 e. The molecule has 1 heterocycles. The topological polar surface area (TPSA) is 50.8 Å². The second-order valence-corrected chi connectivity index (χ2v) is 7.96. The highest BCUT2D eigenvalue weighted by atomic mass is 19.1. The number of nitrogens with one attached hydrogen (secondary N) is 1. The molecule has 1 saturated heterocycles. The maximum Gasteiger partial charge on any atom is 0.251 e. The van der Waals surface area contributed by atoms with Gasteiger partial charge in [0, 0.05) is 36.8 Å². The average molecular weight is 435 g/mol. The number of amides is 1. The molecule has 0 bridgehead atoms. The lowest BCUT2D eigenvalue weighted by atomic mass is 10.0. The summed E-state index contributed by atoms with van der Waals surface area (Å²) in [6.07, 6.45) is 0.917. The largest absolute Gasteiger partial charge is 0.497 e. The monoisotopic (exact) mass is 434 g/mol. The summed E-state index contributed by atoms with van der Waals surface area (Å²) in [6.45, 7) is 2.53. The van der Waals surface area contributed by atoms with Crippen molar-refractivity contribution in [2.45, 2.75) is 19.0 Å². The van der Waals surface area contributed by atoms with Gasteiger partial charge in [0.1, 0.15) is 17.3 Å². The molecule has 4 rings (SSSR count). The summed E-state index contributed by atoms with van der Waals surface area (Å²) in [5.41, 5.74) is 3.46. The minimum atomic E-state index is -0.287. The van der Waals surface area contributed by atoms with Crippen LogP contribution >= 0.6 is 0 Å². The van der Waals surface area contributed by atoms with Crippen LogP contribution in [-0.4, -0.2) is 44.2 Å². The quantitative estimate of drug-likeness (QED) is 0.594. The second kappa shape index (κ2) is 9.83. The third-order valence-electron chi connectivity index (χ3n) is 5.79. The number of halogens is 1. The summed E-state index contributed by atoms with van der Waals surface area (Å²) in [5.74, 6) is 1.03. The lowest BCUT2D eigenvalue weighted by Gasteiger charge is -2.17. The molecule has 1 unspecified atom stereocenters. The number of hydrogen-bond donors (Lipinski definition) is 1. The Bertz CT molecular complexity index is 1070. The van der Waals surface area contributed by atoms with Gasteiger partial charge in [-0.05, 0) is 60.0 Å². The molecule has 1 atom stereocenters. The number of methoxy groups -OCH3 is 2. The van der Waals surface area contributed by atoms with Gasteiger partial charge < -0.3 is 14.8 Å². The number of hydrogen-bond acceptors (Lipinski definition) is 4. The summed E-state index contributed by atoms with van der Waals surface area (Å²) < 4.78 is 24.2. The summed E-state index contributed by atoms with van der Waals surface area (Å²) >= 11 is 0. The minimum absolute atomic E-state index is 0.0621. The molecule has 32 heavy (non-hydrogen) atoms. The van der Waals surface area contributed by atoms with E-state index in [1.807, 2.05) is 12.1 Å². The molecule has 3 aromatic carbocycles. The third kappa shape index (κ3) is 5.08. The van der Waals surface area contributed by atoms with Gasteiger partial charge in [-0.1, -0.05) is 24.3 Å². The summed E-state index contributed by atoms with van der Waals surface area (Å²) in [6, 6.07) is 19.9. The van der Waals surface area contributed by atoms with Crippen molar-refractivity contribution < 1.29 is 18.7 Å². The van der Waals surface area contributed by atoms with Crippen LogP contribution in [0.15, 0.2) is 66.7 Å². The standard InChI is InChI=1S/C26H27FN2O3/c1-31-23-10-7-20(8-11-23)26(30)28-22-13-14-29(17-22)16-18-3-5-19(6-4-18)24-15-21(27)9-12-25(24)32-2/h3-12,15,22H,13-14,16-17H2,1-2H3,(H,28,30). The SMILES string of the molecule is COc1ccc(C(=O)NC2CCN(Cc3ccc(-c4cc(F)ccc4OC)cc3)C2)cc1. The fourth-order valence-corrected chi connectivity index (χ4v) is 4.06. The lowest BCUT2D eigenvalue weighted by molar-refractivity contribution is 0.0937. The molecule has 6 heteroatoms. The van der Waals surface area contributed by atoms with Crippen molar-refractivity contribution in [3.63, 3.8) is 0 Å². The summed E-state index contributed by atoms with van der Waals surface area (Å²) in [4.78, 5) is 14.8. The van der Waals surface area contributed by atoms with Crippen LogP contribution in [0.4, 0.5) is 4.39 Å². The first-order valence-electron chi connectivity index (χ1n) is 10.7. The van der Waals surface area contributed by atoms with Gasteiger partial charge in [0.25, 0.3) is 5.91 Å². The molecular weight excluding hydrogens is 407 g/mol. The third-order valence-corrected chi connectivity index (χ3v) is 5.79. The number of carbonyl (C=O) groups is 1. The predicted molar refractivity (Wildman–Crippen MR) is 123 cm³/mol. The van der Waals surface area contributed by atoms with E-state index in [4.69, 9.17) is 9.47 Å². The number of likely N-dealkylation sites (tertiary alicyclic amines) is 1. The fraction of sp³-hybridized carbons (Fsp3) is 0.269. The molecule has 0 saturated carbocycles. The Morgan fingerprint density at radius 2 is 1.78 bits per heavy atom. The molecular formula is C26H27FN2O3. The Labute approximate surface area is 187 Å². The zero-order chi connectivity index (χ0) is 22.5. The van der Waals surface area contributed by atoms with Gasteiger partial charge in [-0.3, -0.25) is 9.69 Å². The van der Waals surface area contributed by atoms with Gasteiger partial charge in [0.15, 0.2) is 0 Å². The van der Waals surface area contributed by atoms with Gasteiger partial charge in [-0.25, -0.2) is 4.39 Å². The zero-order valence-electron chi connectivity index (χ0n) is 18.3. The van der Waals surface area contributed by atoms with Gasteiger partial charge in [0.2, 0.25) is 0 Å². The second-order valence-electron chi connectivity index (χ2n) is 7.96. The molecule has 1 aliphatic rings. The van der Waals surface area contributed by atoms with E-state index in [1.54, 1.807) is 44.6 Å². The lowest BCUT2D eigenvalue weighted by Crippen LogP contribution is -2.36. The number of benzene rings is 3. The fourth-order valence-electron chi connectivity index (χ4n) is 4.06. The smallest absolute Gasteiger partial charge is 0.251 e. The van der Waals surface area contributed by atoms with Crippen molar-refractivity contribution in [3.8, 4) is 22.6 Å². The van der Waals surface area contributed by atoms with Crippen LogP contribution in [0.25, 0.3) is 11.1 Å². The van der Waals surface area contributed by atoms with E-state index in [-0.39, 0.29) is 17.8 Å². The van der Waals surface area contributed by atoms with E-state index >= 15 is 0 Å². The number of rotatable bonds is 7. The summed E-state index contributed by atoms with van der Waals surface area (Å²) in [7, 11) is 3.19. The van der Waals surface area contributed by atoms with Gasteiger partial charge >= 0.3 is 0 Å². The highest BCUT2D eigenvalue weighted by Gasteiger charge is 2.24. The number of ether oxygens (including phenoxy) is 2. The molecule has 0 aliphatic carbocycles.